The van der Waals surface area contributed by atoms with E-state index in [1.165, 1.54) is 32.7 Å². The number of thiophene rings is 1. The smallest absolute Gasteiger partial charge is 0.241 e. The molecule has 1 N–H and O–H groups in total. The fourth-order valence-electron chi connectivity index (χ4n) is 4.61. The third-order valence-corrected chi connectivity index (χ3v) is 9.55. The number of fused-ring (bicyclic) bond motifs is 1. The second-order valence-corrected chi connectivity index (χ2v) is 13.0. The van der Waals surface area contributed by atoms with Gasteiger partial charge in [-0.3, -0.25) is 4.79 Å². The van der Waals surface area contributed by atoms with Crippen molar-refractivity contribution in [2.75, 3.05) is 33.3 Å². The van der Waals surface area contributed by atoms with Crippen LogP contribution in [0.2, 0.25) is 0 Å². The molecule has 214 valence electrons. The third kappa shape index (κ3) is 8.61. The molecule has 3 aromatic rings. The molecule has 0 radical (unpaired) electrons. The molecule has 0 aliphatic rings. The minimum atomic E-state index is -3.82. The van der Waals surface area contributed by atoms with Crippen molar-refractivity contribution >= 4 is 37.2 Å². The van der Waals surface area contributed by atoms with Crippen LogP contribution in [0.15, 0.2) is 47.4 Å². The summed E-state index contributed by atoms with van der Waals surface area (Å²) in [5, 5.41) is 0.698. The van der Waals surface area contributed by atoms with Crippen LogP contribution in [0.25, 0.3) is 10.1 Å². The van der Waals surface area contributed by atoms with E-state index >= 15 is 0 Å². The number of unbranched alkanes of at least 4 members (excludes halogenated alkanes) is 3. The molecule has 1 aromatic heterocycles. The van der Waals surface area contributed by atoms with Gasteiger partial charge in [0.2, 0.25) is 10.0 Å². The van der Waals surface area contributed by atoms with Gasteiger partial charge in [-0.15, -0.1) is 11.3 Å². The number of nitrogens with one attached hydrogen (secondary N) is 1. The van der Waals surface area contributed by atoms with Gasteiger partial charge in [0.1, 0.15) is 5.75 Å². The molecule has 0 aliphatic carbocycles. The van der Waals surface area contributed by atoms with Gasteiger partial charge in [0.15, 0.2) is 5.78 Å². The average molecular weight is 573 g/mol. The first-order valence-corrected chi connectivity index (χ1v) is 16.6. The number of rotatable bonds is 18. The quantitative estimate of drug-likeness (QED) is 0.131. The van der Waals surface area contributed by atoms with E-state index in [0.29, 0.717) is 23.3 Å². The number of carbonyl (C=O) groups is 1. The highest BCUT2D eigenvalue weighted by molar-refractivity contribution is 7.89. The highest BCUT2D eigenvalue weighted by Crippen LogP contribution is 2.34. The third-order valence-electron chi connectivity index (χ3n) is 6.94. The lowest BCUT2D eigenvalue weighted by Crippen LogP contribution is -2.28. The summed E-state index contributed by atoms with van der Waals surface area (Å²) in [6, 6.07) is 12.4. The average Bonchev–Trinajstić information content (AvgIpc) is 3.37. The summed E-state index contributed by atoms with van der Waals surface area (Å²) in [5.74, 6) is 0.405. The van der Waals surface area contributed by atoms with E-state index in [1.54, 1.807) is 47.7 Å². The van der Waals surface area contributed by atoms with E-state index in [9.17, 15) is 13.2 Å². The Kier molecular flexibility index (Phi) is 12.4. The number of aryl methyl sites for hydroxylation is 1. The Labute approximate surface area is 238 Å². The Morgan fingerprint density at radius 1 is 0.897 bits per heavy atom. The first-order chi connectivity index (χ1) is 18.8. The Hall–Kier alpha value is -2.26. The van der Waals surface area contributed by atoms with Crippen LogP contribution < -0.4 is 9.46 Å². The maximum atomic E-state index is 13.8. The molecule has 2 aromatic carbocycles. The first-order valence-electron chi connectivity index (χ1n) is 14.3. The Morgan fingerprint density at radius 2 is 1.54 bits per heavy atom. The van der Waals surface area contributed by atoms with E-state index in [-0.39, 0.29) is 16.2 Å². The summed E-state index contributed by atoms with van der Waals surface area (Å²) >= 11 is 1.62. The van der Waals surface area contributed by atoms with E-state index in [0.717, 1.165) is 54.9 Å². The van der Waals surface area contributed by atoms with Crippen molar-refractivity contribution < 1.29 is 17.9 Å². The molecule has 0 saturated carbocycles. The van der Waals surface area contributed by atoms with E-state index in [4.69, 9.17) is 4.74 Å². The Bertz CT molecular complexity index is 1290. The molecule has 0 unspecified atom stereocenters. The molecule has 8 heteroatoms. The summed E-state index contributed by atoms with van der Waals surface area (Å²) in [4.78, 5) is 17.4. The molecule has 0 aliphatic heterocycles. The van der Waals surface area contributed by atoms with E-state index < -0.39 is 10.0 Å². The molecule has 3 rings (SSSR count). The van der Waals surface area contributed by atoms with Crippen molar-refractivity contribution in [3.05, 3.63) is 58.5 Å². The van der Waals surface area contributed by atoms with Crippen LogP contribution in [0.5, 0.6) is 5.75 Å². The molecule has 0 amide bonds. The van der Waals surface area contributed by atoms with Crippen LogP contribution in [-0.2, 0) is 16.4 Å². The maximum Gasteiger partial charge on any atom is 0.241 e. The van der Waals surface area contributed by atoms with Gasteiger partial charge in [0.25, 0.3) is 0 Å². The van der Waals surface area contributed by atoms with Gasteiger partial charge in [-0.1, -0.05) is 40.0 Å². The molecule has 0 fully saturated rings. The molecule has 1 heterocycles. The van der Waals surface area contributed by atoms with Crippen molar-refractivity contribution in [3.8, 4) is 5.75 Å². The number of hydrogen-bond donors (Lipinski definition) is 1. The zero-order chi connectivity index (χ0) is 28.3. The van der Waals surface area contributed by atoms with Gasteiger partial charge in [-0.25, -0.2) is 13.1 Å². The lowest BCUT2D eigenvalue weighted by Gasteiger charge is -2.21. The number of ketones is 1. The van der Waals surface area contributed by atoms with Gasteiger partial charge in [-0.05, 0) is 94.7 Å². The molecular formula is C31H44N2O4S2. The summed E-state index contributed by atoms with van der Waals surface area (Å²) in [6.45, 7) is 10.5. The maximum absolute atomic E-state index is 13.8. The normalized spacial score (nSPS) is 11.9. The van der Waals surface area contributed by atoms with Crippen LogP contribution in [0.3, 0.4) is 0 Å². The minimum Gasteiger partial charge on any atom is -0.494 e. The summed E-state index contributed by atoms with van der Waals surface area (Å²) < 4.78 is 35.0. The van der Waals surface area contributed by atoms with Gasteiger partial charge >= 0.3 is 0 Å². The number of ether oxygens (including phenoxy) is 1. The molecule has 0 atom stereocenters. The molecule has 0 saturated heterocycles. The Morgan fingerprint density at radius 3 is 2.15 bits per heavy atom. The Balaban J connectivity index is 1.75. The monoisotopic (exact) mass is 572 g/mol. The predicted molar refractivity (Wildman–Crippen MR) is 163 cm³/mol. The standard InChI is InChI=1S/C31H44N2O4S2/c1-5-8-12-26-23-27-28(38-26)17-18-29(39(35,36)32-4)30(27)31(34)24-13-15-25(16-14-24)37-22-11-21-33(19-9-6-2)20-10-7-3/h13-18,23,32H,5-12,19-22H2,1-4H3. The first kappa shape index (κ1) is 31.3. The van der Waals surface area contributed by atoms with Crippen molar-refractivity contribution in [2.24, 2.45) is 0 Å². The number of carbonyl (C=O) groups excluding carboxylic acids is 1. The SMILES string of the molecule is CCCCc1cc2c(C(=O)c3ccc(OCCCN(CCCC)CCCC)cc3)c(S(=O)(=O)NC)ccc2s1. The topological polar surface area (TPSA) is 75.7 Å². The number of hydrogen-bond acceptors (Lipinski definition) is 6. The zero-order valence-electron chi connectivity index (χ0n) is 23.9. The number of nitrogens with zero attached hydrogens (tertiary/aromatic N) is 1. The van der Waals surface area contributed by atoms with Gasteiger partial charge in [0.05, 0.1) is 17.1 Å². The highest BCUT2D eigenvalue weighted by atomic mass is 32.2. The molecular weight excluding hydrogens is 528 g/mol. The van der Waals surface area contributed by atoms with Crippen molar-refractivity contribution in [1.29, 1.82) is 0 Å². The molecule has 0 bridgehead atoms. The predicted octanol–water partition coefficient (Wildman–Crippen LogP) is 7.05. The van der Waals surface area contributed by atoms with Gasteiger partial charge in [-0.2, -0.15) is 0 Å². The molecule has 6 nitrogen and oxygen atoms in total. The summed E-state index contributed by atoms with van der Waals surface area (Å²) in [7, 11) is -2.45. The van der Waals surface area contributed by atoms with Gasteiger partial charge in [0, 0.05) is 27.1 Å². The summed E-state index contributed by atoms with van der Waals surface area (Å²) in [6.07, 6.45) is 8.82. The lowest BCUT2D eigenvalue weighted by atomic mass is 9.99. The van der Waals surface area contributed by atoms with Crippen molar-refractivity contribution in [3.63, 3.8) is 0 Å². The second kappa shape index (κ2) is 15.5. The van der Waals surface area contributed by atoms with Crippen LogP contribution in [0, 0.1) is 0 Å². The summed E-state index contributed by atoms with van der Waals surface area (Å²) in [5.41, 5.74) is 0.669. The minimum absolute atomic E-state index is 0.0124. The van der Waals surface area contributed by atoms with E-state index in [2.05, 4.69) is 30.4 Å². The zero-order valence-corrected chi connectivity index (χ0v) is 25.6. The largest absolute Gasteiger partial charge is 0.494 e. The van der Waals surface area contributed by atoms with Gasteiger partial charge < -0.3 is 9.64 Å². The fraction of sp³-hybridized carbons (Fsp3) is 0.516. The van der Waals surface area contributed by atoms with E-state index in [1.807, 2.05) is 6.07 Å². The highest BCUT2D eigenvalue weighted by Gasteiger charge is 2.26. The second-order valence-electron chi connectivity index (χ2n) is 9.98. The van der Waals surface area contributed by atoms with Crippen molar-refractivity contribution in [2.45, 2.75) is 77.0 Å². The lowest BCUT2D eigenvalue weighted by molar-refractivity contribution is 0.103. The number of sulfonamides is 1. The van der Waals surface area contributed by atoms with Crippen molar-refractivity contribution in [1.82, 2.24) is 9.62 Å². The molecule has 39 heavy (non-hydrogen) atoms. The fourth-order valence-corrected chi connectivity index (χ4v) is 6.66. The molecule has 0 spiro atoms. The van der Waals surface area contributed by atoms with Crippen LogP contribution in [-0.4, -0.2) is 52.4 Å². The number of benzene rings is 2. The van der Waals surface area contributed by atoms with Crippen LogP contribution in [0.1, 0.15) is 86.5 Å². The van der Waals surface area contributed by atoms with Crippen LogP contribution >= 0.6 is 11.3 Å². The van der Waals surface area contributed by atoms with Crippen LogP contribution in [0.4, 0.5) is 0 Å².